The third-order valence-corrected chi connectivity index (χ3v) is 10.6. The van der Waals surface area contributed by atoms with Gasteiger partial charge in [-0.1, -0.05) is 137 Å². The van der Waals surface area contributed by atoms with Gasteiger partial charge in [0.25, 0.3) is 12.0 Å². The molecule has 0 aromatic heterocycles. The Morgan fingerprint density at radius 1 is 0.545 bits per heavy atom. The van der Waals surface area contributed by atoms with Crippen LogP contribution in [0, 0.1) is 0 Å². The van der Waals surface area contributed by atoms with Gasteiger partial charge in [-0.25, -0.2) is 5.32 Å². The summed E-state index contributed by atoms with van der Waals surface area (Å²) >= 11 is 0. The average Bonchev–Trinajstić information content (AvgIpc) is 3.40. The lowest BCUT2D eigenvalue weighted by molar-refractivity contribution is -0.529. The number of benzene rings is 6. The molecule has 6 aromatic rings. The van der Waals surface area contributed by atoms with E-state index in [4.69, 9.17) is 0 Å². The van der Waals surface area contributed by atoms with Gasteiger partial charge in [0, 0.05) is 27.3 Å². The van der Waals surface area contributed by atoms with Crippen LogP contribution >= 0.6 is 0 Å². The molecule has 0 radical (unpaired) electrons. The van der Waals surface area contributed by atoms with Crippen molar-refractivity contribution in [1.82, 2.24) is 5.32 Å². The molecule has 9 rings (SSSR count). The molecule has 2 heteroatoms. The molecular weight excluding hydrogens is 532 g/mol. The number of nitrogens with one attached hydrogen (secondary N) is 1. The first kappa shape index (κ1) is 25.5. The highest BCUT2D eigenvalue weighted by Gasteiger charge is 2.47. The third-order valence-electron chi connectivity index (χ3n) is 10.6. The molecular formula is C42H35N2+. The molecule has 0 fully saturated rings. The summed E-state index contributed by atoms with van der Waals surface area (Å²) in [6.45, 7) is 9.48. The van der Waals surface area contributed by atoms with Crippen molar-refractivity contribution in [2.24, 2.45) is 0 Å². The minimum atomic E-state index is -0.0885. The van der Waals surface area contributed by atoms with E-state index in [1.54, 1.807) is 0 Å². The Labute approximate surface area is 259 Å². The van der Waals surface area contributed by atoms with Gasteiger partial charge in [0.05, 0.1) is 5.56 Å². The summed E-state index contributed by atoms with van der Waals surface area (Å²) in [5, 5.41) is 6.51. The summed E-state index contributed by atoms with van der Waals surface area (Å²) in [6.07, 6.45) is 0.0236. The molecule has 0 spiro atoms. The Bertz CT molecular complexity index is 2200. The van der Waals surface area contributed by atoms with Crippen molar-refractivity contribution in [3.63, 3.8) is 0 Å². The van der Waals surface area contributed by atoms with Crippen molar-refractivity contribution in [2.45, 2.75) is 44.7 Å². The van der Waals surface area contributed by atoms with Crippen molar-refractivity contribution in [3.05, 3.63) is 161 Å². The molecule has 1 atom stereocenters. The highest BCUT2D eigenvalue weighted by atomic mass is 15.4. The summed E-state index contributed by atoms with van der Waals surface area (Å²) in [4.78, 5) is 0. The van der Waals surface area contributed by atoms with Gasteiger partial charge in [-0.05, 0) is 62.5 Å². The van der Waals surface area contributed by atoms with Gasteiger partial charge in [-0.3, -0.25) is 0 Å². The zero-order valence-electron chi connectivity index (χ0n) is 25.6. The van der Waals surface area contributed by atoms with Gasteiger partial charge in [0.2, 0.25) is 0 Å². The largest absolute Gasteiger partial charge is 0.289 e. The SMILES string of the molecule is CC1(C)c2ccccc2-c2ccc(C3=[N+](c4c5c(cc6ccccc46)C(C)(C)c4ccccc4-5)C(c4ccccc4)N3)cc21. The molecule has 1 aliphatic heterocycles. The number of nitrogens with zero attached hydrogens (tertiary/aromatic N) is 1. The van der Waals surface area contributed by atoms with E-state index >= 15 is 0 Å². The van der Waals surface area contributed by atoms with Crippen LogP contribution in [0.3, 0.4) is 0 Å². The monoisotopic (exact) mass is 567 g/mol. The summed E-state index contributed by atoms with van der Waals surface area (Å²) < 4.78 is 2.59. The maximum atomic E-state index is 3.94. The van der Waals surface area contributed by atoms with Gasteiger partial charge in [0.15, 0.2) is 0 Å². The Hall–Kier alpha value is -4.95. The van der Waals surface area contributed by atoms with Crippen molar-refractivity contribution in [3.8, 4) is 22.3 Å². The zero-order valence-corrected chi connectivity index (χ0v) is 25.6. The van der Waals surface area contributed by atoms with Gasteiger partial charge in [-0.2, -0.15) is 4.58 Å². The second-order valence-corrected chi connectivity index (χ2v) is 13.6. The lowest BCUT2D eigenvalue weighted by atomic mass is 9.81. The van der Waals surface area contributed by atoms with E-state index in [0.29, 0.717) is 0 Å². The van der Waals surface area contributed by atoms with Crippen LogP contribution in [0.1, 0.15) is 67.2 Å². The first-order valence-electron chi connectivity index (χ1n) is 15.7. The number of rotatable bonds is 3. The van der Waals surface area contributed by atoms with Crippen molar-refractivity contribution in [2.75, 3.05) is 0 Å². The van der Waals surface area contributed by atoms with Gasteiger partial charge < -0.3 is 0 Å². The molecule has 3 aliphatic rings. The quantitative estimate of drug-likeness (QED) is 0.210. The van der Waals surface area contributed by atoms with E-state index in [1.807, 2.05) is 0 Å². The fourth-order valence-corrected chi connectivity index (χ4v) is 8.24. The molecule has 0 saturated heterocycles. The molecule has 2 aliphatic carbocycles. The van der Waals surface area contributed by atoms with Crippen LogP contribution in [0.5, 0.6) is 0 Å². The molecule has 6 aromatic carbocycles. The fraction of sp³-hybridized carbons (Fsp3) is 0.167. The van der Waals surface area contributed by atoms with E-state index < -0.39 is 0 Å². The number of hydrogen-bond acceptors (Lipinski definition) is 1. The van der Waals surface area contributed by atoms with E-state index in [1.165, 1.54) is 72.1 Å². The van der Waals surface area contributed by atoms with Crippen LogP contribution in [0.25, 0.3) is 33.0 Å². The standard InChI is InChI=1S/C42H34N2/c1-41(2)33-20-12-10-18-30(33)31-23-22-28(25-35(31)41)40-43-39(26-14-6-5-7-15-26)44(40)38-29-17-9-8-16-27(29)24-36-37(38)32-19-11-13-21-34(32)42(36,3)4/h5-25,39H,1-4H3/p+1. The van der Waals surface area contributed by atoms with Crippen LogP contribution in [0.2, 0.25) is 0 Å². The van der Waals surface area contributed by atoms with Crippen LogP contribution in [-0.4, -0.2) is 10.4 Å². The predicted octanol–water partition coefficient (Wildman–Crippen LogP) is 9.85. The third kappa shape index (κ3) is 3.29. The summed E-state index contributed by atoms with van der Waals surface area (Å²) in [5.74, 6) is 1.16. The average molecular weight is 568 g/mol. The van der Waals surface area contributed by atoms with Crippen molar-refractivity contribution >= 4 is 22.3 Å². The molecule has 44 heavy (non-hydrogen) atoms. The molecule has 1 unspecified atom stereocenters. The topological polar surface area (TPSA) is 15.0 Å². The van der Waals surface area contributed by atoms with E-state index in [-0.39, 0.29) is 17.0 Å². The second kappa shape index (κ2) is 8.80. The van der Waals surface area contributed by atoms with Crippen LogP contribution in [0.4, 0.5) is 5.69 Å². The Balaban J connectivity index is 1.36. The Morgan fingerprint density at radius 3 is 1.95 bits per heavy atom. The maximum Gasteiger partial charge on any atom is 0.289 e. The normalized spacial score (nSPS) is 18.2. The van der Waals surface area contributed by atoms with Crippen molar-refractivity contribution < 1.29 is 4.58 Å². The first-order valence-corrected chi connectivity index (χ1v) is 15.7. The molecule has 0 bridgehead atoms. The van der Waals surface area contributed by atoms with Crippen LogP contribution in [0.15, 0.2) is 127 Å². The molecule has 0 saturated carbocycles. The van der Waals surface area contributed by atoms with Crippen LogP contribution < -0.4 is 5.32 Å². The van der Waals surface area contributed by atoms with Gasteiger partial charge in [0.1, 0.15) is 5.69 Å². The second-order valence-electron chi connectivity index (χ2n) is 13.6. The highest BCUT2D eigenvalue weighted by molar-refractivity contribution is 6.06. The molecule has 212 valence electrons. The Kier molecular flexibility index (Phi) is 5.11. The summed E-state index contributed by atoms with van der Waals surface area (Å²) in [7, 11) is 0. The van der Waals surface area contributed by atoms with Gasteiger partial charge in [-0.15, -0.1) is 0 Å². The molecule has 1 heterocycles. The van der Waals surface area contributed by atoms with Gasteiger partial charge >= 0.3 is 0 Å². The minimum absolute atomic E-state index is 0.0236. The highest BCUT2D eigenvalue weighted by Crippen LogP contribution is 2.56. The van der Waals surface area contributed by atoms with Crippen LogP contribution in [-0.2, 0) is 10.8 Å². The zero-order chi connectivity index (χ0) is 29.8. The summed E-state index contributed by atoms with van der Waals surface area (Å²) in [5.41, 5.74) is 14.6. The maximum absolute atomic E-state index is 3.94. The predicted molar refractivity (Wildman–Crippen MR) is 182 cm³/mol. The van der Waals surface area contributed by atoms with Crippen molar-refractivity contribution in [1.29, 1.82) is 0 Å². The van der Waals surface area contributed by atoms with E-state index in [2.05, 4.69) is 165 Å². The molecule has 2 nitrogen and oxygen atoms in total. The number of amidine groups is 1. The summed E-state index contributed by atoms with van der Waals surface area (Å²) in [6, 6.07) is 47.3. The Morgan fingerprint density at radius 2 is 1.16 bits per heavy atom. The molecule has 1 N–H and O–H groups in total. The lowest BCUT2D eigenvalue weighted by Gasteiger charge is -2.32. The minimum Gasteiger partial charge on any atom is -0.229 e. The molecule has 0 amide bonds. The lowest BCUT2D eigenvalue weighted by Crippen LogP contribution is -2.51. The van der Waals surface area contributed by atoms with E-state index in [0.717, 1.165) is 5.84 Å². The first-order chi connectivity index (χ1) is 21.4. The smallest absolute Gasteiger partial charge is 0.229 e. The fourth-order valence-electron chi connectivity index (χ4n) is 8.24. The number of hydrogen-bond donors (Lipinski definition) is 1. The van der Waals surface area contributed by atoms with E-state index in [9.17, 15) is 0 Å². The number of fused-ring (bicyclic) bond motifs is 7.